The Balaban J connectivity index is 1.29. The van der Waals surface area contributed by atoms with Crippen molar-refractivity contribution >= 4 is 29.4 Å². The zero-order valence-corrected chi connectivity index (χ0v) is 27.6. The van der Waals surface area contributed by atoms with Crippen LogP contribution < -0.4 is 20.1 Å². The van der Waals surface area contributed by atoms with Crippen molar-refractivity contribution in [3.05, 3.63) is 83.4 Å². The molecular weight excluding hydrogens is 618 g/mol. The van der Waals surface area contributed by atoms with Crippen LogP contribution in [0.5, 0.6) is 11.5 Å². The molecule has 0 aliphatic carbocycles. The molecule has 0 spiro atoms. The molecule has 1 saturated heterocycles. The van der Waals surface area contributed by atoms with Crippen molar-refractivity contribution in [2.24, 2.45) is 0 Å². The molecule has 0 bridgehead atoms. The van der Waals surface area contributed by atoms with Gasteiger partial charge in [0.25, 0.3) is 0 Å². The van der Waals surface area contributed by atoms with Gasteiger partial charge in [0.2, 0.25) is 5.91 Å². The maximum atomic E-state index is 12.7. The Morgan fingerprint density at radius 3 is 2.08 bits per heavy atom. The number of anilines is 2. The topological polar surface area (TPSA) is 167 Å². The maximum Gasteiger partial charge on any atom is 0.412 e. The zero-order chi connectivity index (χ0) is 34.7. The highest BCUT2D eigenvalue weighted by Gasteiger charge is 2.25. The molecule has 1 fully saturated rings. The lowest BCUT2D eigenvalue weighted by molar-refractivity contribution is -0.127. The summed E-state index contributed by atoms with van der Waals surface area (Å²) in [5, 5.41) is 33.7. The molecule has 4 rings (SSSR count). The first-order chi connectivity index (χ1) is 23.0. The highest BCUT2D eigenvalue weighted by Crippen LogP contribution is 2.33. The molecule has 258 valence electrons. The number of amides is 4. The normalized spacial score (nSPS) is 14.8. The Kier molecular flexibility index (Phi) is 12.8. The first kappa shape index (κ1) is 36.2. The van der Waals surface area contributed by atoms with Crippen LogP contribution in [0.4, 0.5) is 21.0 Å². The van der Waals surface area contributed by atoms with Gasteiger partial charge in [0.05, 0.1) is 13.2 Å². The van der Waals surface area contributed by atoms with Crippen molar-refractivity contribution in [3.8, 4) is 11.5 Å². The molecule has 1 aliphatic rings. The van der Waals surface area contributed by atoms with Gasteiger partial charge in [-0.1, -0.05) is 50.6 Å². The number of aliphatic hydroxyl groups excluding tert-OH is 3. The maximum absolute atomic E-state index is 12.7. The average molecular weight is 664 g/mol. The molecule has 48 heavy (non-hydrogen) atoms. The summed E-state index contributed by atoms with van der Waals surface area (Å²) in [6.45, 7) is 5.42. The molecule has 0 saturated carbocycles. The Hall–Kier alpha value is -4.65. The molecule has 2 unspecified atom stereocenters. The summed E-state index contributed by atoms with van der Waals surface area (Å²) in [6.07, 6.45) is 0.0867. The molecule has 0 aromatic heterocycles. The Labute approximate surface area is 280 Å². The van der Waals surface area contributed by atoms with Crippen LogP contribution in [0.15, 0.2) is 66.7 Å². The lowest BCUT2D eigenvalue weighted by atomic mass is 9.78. The van der Waals surface area contributed by atoms with E-state index in [4.69, 9.17) is 19.3 Å². The third-order valence-electron chi connectivity index (χ3n) is 8.26. The highest BCUT2D eigenvalue weighted by atomic mass is 16.6. The molecule has 1 heterocycles. The molecule has 5 N–H and O–H groups in total. The minimum atomic E-state index is -0.947. The summed E-state index contributed by atoms with van der Waals surface area (Å²) in [4.78, 5) is 39.0. The summed E-state index contributed by atoms with van der Waals surface area (Å²) < 4.78 is 16.7. The van der Waals surface area contributed by atoms with Crippen molar-refractivity contribution in [2.75, 3.05) is 43.6 Å². The average Bonchev–Trinajstić information content (AvgIpc) is 3.31. The highest BCUT2D eigenvalue weighted by molar-refractivity contribution is 6.01. The molecule has 1 aliphatic heterocycles. The molecule has 0 radical (unpaired) electrons. The van der Waals surface area contributed by atoms with Gasteiger partial charge in [0, 0.05) is 29.8 Å². The van der Waals surface area contributed by atoms with Gasteiger partial charge < -0.3 is 34.8 Å². The number of imide groups is 1. The number of urea groups is 1. The Morgan fingerprint density at radius 2 is 1.48 bits per heavy atom. The standard InChI is InChI=1S/C36H45N3O9/c1-24-8-13-27(37-34(44)39-18-6-4-5-7-33(39)43)19-32(24)38-35(45)48-31(21-41)23-47-30-16-11-26(12-17-30)36(2,3)25-9-14-29(15-10-25)46-22-28(42)20-40/h8-17,19,28,31,40-42H,4-7,18,20-23H2,1-3H3,(H,37,44)(H,38,45). The quantitative estimate of drug-likeness (QED) is 0.170. The van der Waals surface area contributed by atoms with E-state index in [0.29, 0.717) is 35.8 Å². The van der Waals surface area contributed by atoms with Gasteiger partial charge in [-0.2, -0.15) is 0 Å². The number of nitrogens with zero attached hydrogens (tertiary/aromatic N) is 1. The van der Waals surface area contributed by atoms with Gasteiger partial charge in [-0.05, 0) is 72.9 Å². The van der Waals surface area contributed by atoms with E-state index < -0.39 is 30.9 Å². The lowest BCUT2D eigenvalue weighted by Crippen LogP contribution is -2.39. The monoisotopic (exact) mass is 663 g/mol. The van der Waals surface area contributed by atoms with E-state index in [2.05, 4.69) is 24.5 Å². The van der Waals surface area contributed by atoms with Crippen molar-refractivity contribution in [3.63, 3.8) is 0 Å². The van der Waals surface area contributed by atoms with Crippen LogP contribution >= 0.6 is 0 Å². The molecule has 12 heteroatoms. The van der Waals surface area contributed by atoms with Crippen molar-refractivity contribution in [1.82, 2.24) is 4.90 Å². The van der Waals surface area contributed by atoms with E-state index in [0.717, 1.165) is 36.0 Å². The zero-order valence-electron chi connectivity index (χ0n) is 27.6. The van der Waals surface area contributed by atoms with E-state index in [1.54, 1.807) is 25.1 Å². The number of likely N-dealkylation sites (tertiary alicyclic amines) is 1. The first-order valence-corrected chi connectivity index (χ1v) is 16.1. The van der Waals surface area contributed by atoms with E-state index in [9.17, 15) is 24.6 Å². The minimum Gasteiger partial charge on any atom is -0.491 e. The summed E-state index contributed by atoms with van der Waals surface area (Å²) in [6, 6.07) is 19.5. The predicted octanol–water partition coefficient (Wildman–Crippen LogP) is 4.98. The number of hydrogen-bond acceptors (Lipinski definition) is 9. The number of aryl methyl sites for hydroxylation is 1. The Morgan fingerprint density at radius 1 is 0.854 bits per heavy atom. The molecule has 2 atom stereocenters. The summed E-state index contributed by atoms with van der Waals surface area (Å²) >= 11 is 0. The van der Waals surface area contributed by atoms with E-state index in [1.165, 1.54) is 4.90 Å². The van der Waals surface area contributed by atoms with Crippen LogP contribution in [0, 0.1) is 6.92 Å². The number of benzene rings is 3. The second-order valence-electron chi connectivity index (χ2n) is 12.3. The third kappa shape index (κ3) is 9.93. The van der Waals surface area contributed by atoms with Gasteiger partial charge in [0.15, 0.2) is 6.10 Å². The van der Waals surface area contributed by atoms with Crippen LogP contribution in [0.3, 0.4) is 0 Å². The summed E-state index contributed by atoms with van der Waals surface area (Å²) in [7, 11) is 0. The number of ether oxygens (including phenoxy) is 3. The van der Waals surface area contributed by atoms with Crippen LogP contribution in [-0.2, 0) is 14.9 Å². The van der Waals surface area contributed by atoms with Crippen molar-refractivity contribution in [2.45, 2.75) is 64.1 Å². The van der Waals surface area contributed by atoms with Crippen LogP contribution in [0.2, 0.25) is 0 Å². The van der Waals surface area contributed by atoms with Gasteiger partial charge in [-0.25, -0.2) is 9.59 Å². The predicted molar refractivity (Wildman–Crippen MR) is 180 cm³/mol. The minimum absolute atomic E-state index is 0.00582. The first-order valence-electron chi connectivity index (χ1n) is 16.1. The van der Waals surface area contributed by atoms with Gasteiger partial charge in [0.1, 0.15) is 30.8 Å². The number of rotatable bonds is 13. The molecule has 4 amide bonds. The number of carbonyl (C=O) groups excluding carboxylic acids is 3. The smallest absolute Gasteiger partial charge is 0.412 e. The summed E-state index contributed by atoms with van der Waals surface area (Å²) in [5.74, 6) is 0.919. The lowest BCUT2D eigenvalue weighted by Gasteiger charge is -2.26. The van der Waals surface area contributed by atoms with E-state index >= 15 is 0 Å². The molecule has 12 nitrogen and oxygen atoms in total. The number of aliphatic hydroxyl groups is 3. The second-order valence-corrected chi connectivity index (χ2v) is 12.3. The summed E-state index contributed by atoms with van der Waals surface area (Å²) in [5.41, 5.74) is 3.25. The van der Waals surface area contributed by atoms with Gasteiger partial charge in [-0.15, -0.1) is 0 Å². The van der Waals surface area contributed by atoms with Crippen LogP contribution in [0.25, 0.3) is 0 Å². The fourth-order valence-electron chi connectivity index (χ4n) is 5.17. The number of nitrogens with one attached hydrogen (secondary N) is 2. The van der Waals surface area contributed by atoms with E-state index in [-0.39, 0.29) is 31.1 Å². The number of carbonyl (C=O) groups is 3. The fraction of sp³-hybridized carbons (Fsp3) is 0.417. The van der Waals surface area contributed by atoms with Crippen molar-refractivity contribution < 1.29 is 43.9 Å². The SMILES string of the molecule is Cc1ccc(NC(=O)N2CCCCCC2=O)cc1NC(=O)OC(CO)COc1ccc(C(C)(C)c2ccc(OCC(O)CO)cc2)cc1. The molecular formula is C36H45N3O9. The van der Waals surface area contributed by atoms with E-state index in [1.807, 2.05) is 48.5 Å². The van der Waals surface area contributed by atoms with Crippen molar-refractivity contribution in [1.29, 1.82) is 0 Å². The molecule has 3 aromatic carbocycles. The molecule has 3 aromatic rings. The van der Waals surface area contributed by atoms with Gasteiger partial charge in [-0.3, -0.25) is 15.0 Å². The second kappa shape index (κ2) is 17.0. The third-order valence-corrected chi connectivity index (χ3v) is 8.26. The number of hydrogen-bond donors (Lipinski definition) is 5. The Bertz CT molecular complexity index is 1530. The largest absolute Gasteiger partial charge is 0.491 e. The van der Waals surface area contributed by atoms with Crippen LogP contribution in [-0.4, -0.2) is 83.4 Å². The fourth-order valence-corrected chi connectivity index (χ4v) is 5.17. The van der Waals surface area contributed by atoms with Crippen LogP contribution in [0.1, 0.15) is 56.2 Å². The van der Waals surface area contributed by atoms with Gasteiger partial charge >= 0.3 is 12.1 Å².